The number of thiophene rings is 1. The predicted molar refractivity (Wildman–Crippen MR) is 95.1 cm³/mol. The van der Waals surface area contributed by atoms with Crippen molar-refractivity contribution in [2.45, 2.75) is 6.04 Å². The standard InChI is InChI=1S/C17H14ClN3O3S/c18-10-3-4-11-12(8-10)19-15(22)13-9-20(5-6-21(13)16(11)23)17(24)14-2-1-7-25-14/h1-4,7-8,13H,5-6,9H2,(H,19,22). The average Bonchev–Trinajstić information content (AvgIpc) is 3.11. The molecular weight excluding hydrogens is 362 g/mol. The highest BCUT2D eigenvalue weighted by Gasteiger charge is 2.40. The van der Waals surface area contributed by atoms with E-state index in [4.69, 9.17) is 11.6 Å². The van der Waals surface area contributed by atoms with Gasteiger partial charge in [-0.3, -0.25) is 14.4 Å². The highest BCUT2D eigenvalue weighted by molar-refractivity contribution is 7.12. The van der Waals surface area contributed by atoms with Gasteiger partial charge in [-0.1, -0.05) is 17.7 Å². The smallest absolute Gasteiger partial charge is 0.264 e. The fraction of sp³-hybridized carbons (Fsp3) is 0.235. The molecule has 1 aromatic carbocycles. The van der Waals surface area contributed by atoms with E-state index < -0.39 is 6.04 Å². The van der Waals surface area contributed by atoms with Crippen molar-refractivity contribution >= 4 is 46.3 Å². The molecule has 0 aliphatic carbocycles. The first-order chi connectivity index (χ1) is 12.0. The van der Waals surface area contributed by atoms with Crippen molar-refractivity contribution in [2.24, 2.45) is 0 Å². The van der Waals surface area contributed by atoms with E-state index in [1.807, 2.05) is 11.4 Å². The van der Waals surface area contributed by atoms with Gasteiger partial charge in [0.05, 0.1) is 22.7 Å². The Morgan fingerprint density at radius 1 is 1.24 bits per heavy atom. The van der Waals surface area contributed by atoms with Gasteiger partial charge in [-0.15, -0.1) is 11.3 Å². The van der Waals surface area contributed by atoms with Gasteiger partial charge in [0.2, 0.25) is 5.91 Å². The summed E-state index contributed by atoms with van der Waals surface area (Å²) in [6, 6.07) is 7.68. The summed E-state index contributed by atoms with van der Waals surface area (Å²) in [7, 11) is 0. The number of carbonyl (C=O) groups is 3. The normalized spacial score (nSPS) is 19.8. The van der Waals surface area contributed by atoms with E-state index in [1.165, 1.54) is 16.2 Å². The molecule has 1 saturated heterocycles. The Kier molecular flexibility index (Phi) is 3.97. The lowest BCUT2D eigenvalue weighted by atomic mass is 10.1. The van der Waals surface area contributed by atoms with Crippen LogP contribution in [0.5, 0.6) is 0 Å². The molecule has 1 unspecified atom stereocenters. The molecule has 1 fully saturated rings. The fourth-order valence-electron chi connectivity index (χ4n) is 3.17. The van der Waals surface area contributed by atoms with Gasteiger partial charge in [0, 0.05) is 18.1 Å². The number of nitrogens with one attached hydrogen (secondary N) is 1. The minimum atomic E-state index is -0.712. The van der Waals surface area contributed by atoms with Gasteiger partial charge in [0.15, 0.2) is 0 Å². The Labute approximate surface area is 153 Å². The number of nitrogens with zero attached hydrogens (tertiary/aromatic N) is 2. The Hall–Kier alpha value is -2.38. The van der Waals surface area contributed by atoms with Crippen LogP contribution in [0, 0.1) is 0 Å². The average molecular weight is 376 g/mol. The van der Waals surface area contributed by atoms with Gasteiger partial charge in [-0.2, -0.15) is 0 Å². The summed E-state index contributed by atoms with van der Waals surface area (Å²) in [5, 5.41) is 5.05. The Morgan fingerprint density at radius 2 is 2.08 bits per heavy atom. The van der Waals surface area contributed by atoms with Crippen LogP contribution in [0.3, 0.4) is 0 Å². The van der Waals surface area contributed by atoms with E-state index in [9.17, 15) is 14.4 Å². The van der Waals surface area contributed by atoms with Crippen molar-refractivity contribution in [3.05, 3.63) is 51.2 Å². The van der Waals surface area contributed by atoms with Gasteiger partial charge in [-0.05, 0) is 29.6 Å². The predicted octanol–water partition coefficient (Wildman–Crippen LogP) is 2.32. The van der Waals surface area contributed by atoms with E-state index in [0.717, 1.165) is 0 Å². The maximum absolute atomic E-state index is 12.8. The molecule has 8 heteroatoms. The Balaban J connectivity index is 1.62. The second kappa shape index (κ2) is 6.16. The number of anilines is 1. The minimum absolute atomic E-state index is 0.111. The third kappa shape index (κ3) is 2.79. The van der Waals surface area contributed by atoms with E-state index in [1.54, 1.807) is 29.2 Å². The summed E-state index contributed by atoms with van der Waals surface area (Å²) in [5.41, 5.74) is 0.825. The first-order valence-corrected chi connectivity index (χ1v) is 9.04. The lowest BCUT2D eigenvalue weighted by Crippen LogP contribution is -2.59. The number of carbonyl (C=O) groups excluding carboxylic acids is 3. The number of rotatable bonds is 1. The number of benzene rings is 1. The van der Waals surface area contributed by atoms with E-state index >= 15 is 0 Å². The molecule has 2 aliphatic heterocycles. The van der Waals surface area contributed by atoms with Gasteiger partial charge >= 0.3 is 0 Å². The summed E-state index contributed by atoms with van der Waals surface area (Å²) in [4.78, 5) is 41.8. The maximum atomic E-state index is 12.8. The molecule has 1 atom stereocenters. The fourth-order valence-corrected chi connectivity index (χ4v) is 4.03. The van der Waals surface area contributed by atoms with Crippen molar-refractivity contribution in [3.8, 4) is 0 Å². The molecule has 0 saturated carbocycles. The SMILES string of the molecule is O=C1Nc2cc(Cl)ccc2C(=O)N2CCN(C(=O)c3cccs3)CC12. The summed E-state index contributed by atoms with van der Waals surface area (Å²) in [5.74, 6) is -0.643. The van der Waals surface area contributed by atoms with E-state index in [-0.39, 0.29) is 24.3 Å². The first-order valence-electron chi connectivity index (χ1n) is 7.79. The highest BCUT2D eigenvalue weighted by atomic mass is 35.5. The molecule has 0 spiro atoms. The van der Waals surface area contributed by atoms with Crippen LogP contribution in [0.15, 0.2) is 35.7 Å². The minimum Gasteiger partial charge on any atom is -0.334 e. The monoisotopic (exact) mass is 375 g/mol. The Bertz CT molecular complexity index is 868. The van der Waals surface area contributed by atoms with Gasteiger partial charge in [0.1, 0.15) is 6.04 Å². The second-order valence-corrected chi connectivity index (χ2v) is 7.31. The number of halogens is 1. The number of fused-ring (bicyclic) bond motifs is 2. The van der Waals surface area contributed by atoms with Crippen molar-refractivity contribution in [1.82, 2.24) is 9.80 Å². The molecule has 128 valence electrons. The van der Waals surface area contributed by atoms with Crippen LogP contribution in [-0.2, 0) is 4.79 Å². The zero-order valence-electron chi connectivity index (χ0n) is 13.1. The maximum Gasteiger partial charge on any atom is 0.264 e. The number of amides is 3. The van der Waals surface area contributed by atoms with Crippen molar-refractivity contribution < 1.29 is 14.4 Å². The van der Waals surface area contributed by atoms with Crippen LogP contribution in [0.4, 0.5) is 5.69 Å². The largest absolute Gasteiger partial charge is 0.334 e. The van der Waals surface area contributed by atoms with Crippen LogP contribution >= 0.6 is 22.9 Å². The third-order valence-electron chi connectivity index (χ3n) is 4.43. The number of piperazine rings is 1. The summed E-state index contributed by atoms with van der Waals surface area (Å²) < 4.78 is 0. The zero-order chi connectivity index (χ0) is 17.6. The molecule has 1 aromatic heterocycles. The molecular formula is C17H14ClN3O3S. The van der Waals surface area contributed by atoms with Crippen molar-refractivity contribution in [1.29, 1.82) is 0 Å². The number of hydrogen-bond donors (Lipinski definition) is 1. The van der Waals surface area contributed by atoms with Gasteiger partial charge in [-0.25, -0.2) is 0 Å². The zero-order valence-corrected chi connectivity index (χ0v) is 14.6. The number of hydrogen-bond acceptors (Lipinski definition) is 4. The molecule has 3 heterocycles. The quantitative estimate of drug-likeness (QED) is 0.831. The molecule has 6 nitrogen and oxygen atoms in total. The third-order valence-corrected chi connectivity index (χ3v) is 5.53. The molecule has 2 aliphatic rings. The lowest BCUT2D eigenvalue weighted by Gasteiger charge is -2.39. The molecule has 0 radical (unpaired) electrons. The van der Waals surface area contributed by atoms with Crippen LogP contribution < -0.4 is 5.32 Å². The highest BCUT2D eigenvalue weighted by Crippen LogP contribution is 2.28. The molecule has 1 N–H and O–H groups in total. The lowest BCUT2D eigenvalue weighted by molar-refractivity contribution is -0.121. The summed E-state index contributed by atoms with van der Waals surface area (Å²) >= 11 is 7.34. The Morgan fingerprint density at radius 3 is 2.84 bits per heavy atom. The van der Waals surface area contributed by atoms with E-state index in [2.05, 4.69) is 5.32 Å². The molecule has 0 bridgehead atoms. The summed E-state index contributed by atoms with van der Waals surface area (Å²) in [6.07, 6.45) is 0. The van der Waals surface area contributed by atoms with Crippen LogP contribution in [0.2, 0.25) is 5.02 Å². The first kappa shape index (κ1) is 16.1. The summed E-state index contributed by atoms with van der Waals surface area (Å²) in [6.45, 7) is 0.890. The molecule has 2 aromatic rings. The topological polar surface area (TPSA) is 69.7 Å². The van der Waals surface area contributed by atoms with Gasteiger partial charge in [0.25, 0.3) is 11.8 Å². The second-order valence-electron chi connectivity index (χ2n) is 5.92. The van der Waals surface area contributed by atoms with Crippen molar-refractivity contribution in [3.63, 3.8) is 0 Å². The molecule has 3 amide bonds. The van der Waals surface area contributed by atoms with Crippen LogP contribution in [0.25, 0.3) is 0 Å². The molecule has 25 heavy (non-hydrogen) atoms. The van der Waals surface area contributed by atoms with Gasteiger partial charge < -0.3 is 15.1 Å². The van der Waals surface area contributed by atoms with Crippen molar-refractivity contribution in [2.75, 3.05) is 25.0 Å². The van der Waals surface area contributed by atoms with Crippen LogP contribution in [-0.4, -0.2) is 53.2 Å². The van der Waals surface area contributed by atoms with Crippen LogP contribution in [0.1, 0.15) is 20.0 Å². The molecule has 4 rings (SSSR count). The van der Waals surface area contributed by atoms with E-state index in [0.29, 0.717) is 34.2 Å².